The SMILES string of the molecule is O=C1c2ccccc2Sc2cc(-c3noc(-c4ccccc4C(F)(F)F)n3)ccc2N1C1CC1. The highest BCUT2D eigenvalue weighted by Gasteiger charge is 2.38. The number of halogens is 3. The number of carbonyl (C=O) groups is 1. The first-order chi connectivity index (χ1) is 16.4. The first-order valence-corrected chi connectivity index (χ1v) is 11.5. The Bertz CT molecular complexity index is 1430. The van der Waals surface area contributed by atoms with Gasteiger partial charge in [-0.1, -0.05) is 41.2 Å². The minimum absolute atomic E-state index is 0.0253. The Kier molecular flexibility index (Phi) is 4.77. The fraction of sp³-hybridized carbons (Fsp3) is 0.160. The van der Waals surface area contributed by atoms with Gasteiger partial charge in [0.05, 0.1) is 22.4 Å². The summed E-state index contributed by atoms with van der Waals surface area (Å²) in [6, 6.07) is 18.2. The van der Waals surface area contributed by atoms with Gasteiger partial charge in [-0.3, -0.25) is 4.79 Å². The number of aromatic nitrogens is 2. The molecule has 1 aromatic heterocycles. The second-order valence-corrected chi connectivity index (χ2v) is 9.24. The minimum atomic E-state index is -4.54. The standard InChI is InChI=1S/C25H16F3N3O2S/c26-25(27,28)18-7-3-1-5-16(18)23-29-22(30-33-23)14-9-12-19-21(13-14)34-20-8-4-2-6-17(20)24(32)31(19)15-10-11-15/h1-9,12-13,15H,10-11H2. The van der Waals surface area contributed by atoms with E-state index in [1.807, 2.05) is 41.3 Å². The number of benzene rings is 3. The lowest BCUT2D eigenvalue weighted by Crippen LogP contribution is -2.32. The molecule has 34 heavy (non-hydrogen) atoms. The molecular weight excluding hydrogens is 463 g/mol. The molecule has 9 heteroatoms. The summed E-state index contributed by atoms with van der Waals surface area (Å²) < 4.78 is 45.5. The molecule has 1 fully saturated rings. The normalized spacial score (nSPS) is 15.6. The van der Waals surface area contributed by atoms with Crippen LogP contribution in [-0.4, -0.2) is 22.1 Å². The molecule has 4 aromatic rings. The number of hydrogen-bond acceptors (Lipinski definition) is 5. The fourth-order valence-electron chi connectivity index (χ4n) is 4.09. The number of hydrogen-bond donors (Lipinski definition) is 0. The molecule has 0 unspecified atom stereocenters. The van der Waals surface area contributed by atoms with E-state index in [-0.39, 0.29) is 29.2 Å². The first-order valence-electron chi connectivity index (χ1n) is 10.7. The van der Waals surface area contributed by atoms with Crippen molar-refractivity contribution >= 4 is 23.4 Å². The minimum Gasteiger partial charge on any atom is -0.334 e. The van der Waals surface area contributed by atoms with E-state index in [2.05, 4.69) is 10.1 Å². The summed E-state index contributed by atoms with van der Waals surface area (Å²) in [6.07, 6.45) is -2.64. The molecule has 2 heterocycles. The predicted octanol–water partition coefficient (Wildman–Crippen LogP) is 6.70. The van der Waals surface area contributed by atoms with Crippen LogP contribution in [-0.2, 0) is 6.18 Å². The van der Waals surface area contributed by atoms with Gasteiger partial charge in [0.2, 0.25) is 5.82 Å². The lowest BCUT2D eigenvalue weighted by Gasteiger charge is -2.22. The van der Waals surface area contributed by atoms with Crippen LogP contribution in [0, 0.1) is 0 Å². The van der Waals surface area contributed by atoms with Crippen LogP contribution in [0.4, 0.5) is 18.9 Å². The number of rotatable bonds is 3. The zero-order chi connectivity index (χ0) is 23.4. The van der Waals surface area contributed by atoms with E-state index in [1.54, 1.807) is 6.07 Å². The molecule has 170 valence electrons. The molecule has 0 N–H and O–H groups in total. The van der Waals surface area contributed by atoms with Crippen LogP contribution < -0.4 is 4.90 Å². The second-order valence-electron chi connectivity index (χ2n) is 8.15. The number of carbonyl (C=O) groups excluding carboxylic acids is 1. The Balaban J connectivity index is 1.42. The van der Waals surface area contributed by atoms with E-state index in [0.717, 1.165) is 34.4 Å². The summed E-state index contributed by atoms with van der Waals surface area (Å²) in [4.78, 5) is 21.1. The highest BCUT2D eigenvalue weighted by Crippen LogP contribution is 2.46. The maximum Gasteiger partial charge on any atom is 0.417 e. The Morgan fingerprint density at radius 2 is 1.68 bits per heavy atom. The molecule has 1 amide bonds. The molecule has 6 rings (SSSR count). The van der Waals surface area contributed by atoms with Crippen LogP contribution in [0.3, 0.4) is 0 Å². The van der Waals surface area contributed by atoms with Crippen molar-refractivity contribution in [1.82, 2.24) is 10.1 Å². The van der Waals surface area contributed by atoms with E-state index < -0.39 is 11.7 Å². The predicted molar refractivity (Wildman–Crippen MR) is 121 cm³/mol. The van der Waals surface area contributed by atoms with Gasteiger partial charge in [-0.2, -0.15) is 18.2 Å². The van der Waals surface area contributed by atoms with E-state index in [4.69, 9.17) is 4.52 Å². The third-order valence-corrected chi connectivity index (χ3v) is 6.96. The van der Waals surface area contributed by atoms with Crippen molar-refractivity contribution in [2.24, 2.45) is 0 Å². The van der Waals surface area contributed by atoms with Crippen molar-refractivity contribution in [3.8, 4) is 22.8 Å². The molecule has 5 nitrogen and oxygen atoms in total. The van der Waals surface area contributed by atoms with Crippen LogP contribution in [0.25, 0.3) is 22.8 Å². The Morgan fingerprint density at radius 1 is 0.941 bits per heavy atom. The van der Waals surface area contributed by atoms with Gasteiger partial charge in [-0.25, -0.2) is 0 Å². The molecule has 0 saturated heterocycles. The van der Waals surface area contributed by atoms with Crippen molar-refractivity contribution in [2.45, 2.75) is 34.9 Å². The zero-order valence-corrected chi connectivity index (χ0v) is 18.4. The summed E-state index contributed by atoms with van der Waals surface area (Å²) in [5.74, 6) is -0.0504. The maximum atomic E-state index is 13.4. The molecule has 3 aromatic carbocycles. The molecular formula is C25H16F3N3O2S. The van der Waals surface area contributed by atoms with Crippen LogP contribution in [0.15, 0.2) is 81.0 Å². The summed E-state index contributed by atoms with van der Waals surface area (Å²) in [5, 5.41) is 3.94. The average molecular weight is 479 g/mol. The lowest BCUT2D eigenvalue weighted by atomic mass is 10.1. The summed E-state index contributed by atoms with van der Waals surface area (Å²) >= 11 is 1.48. The van der Waals surface area contributed by atoms with E-state index in [9.17, 15) is 18.0 Å². The first kappa shape index (κ1) is 21.0. The van der Waals surface area contributed by atoms with Crippen molar-refractivity contribution in [3.05, 3.63) is 77.9 Å². The van der Waals surface area contributed by atoms with Gasteiger partial charge in [-0.15, -0.1) is 0 Å². The average Bonchev–Trinajstić information content (AvgIpc) is 3.55. The second kappa shape index (κ2) is 7.73. The zero-order valence-electron chi connectivity index (χ0n) is 17.5. The number of alkyl halides is 3. The van der Waals surface area contributed by atoms with Gasteiger partial charge in [0.1, 0.15) is 0 Å². The molecule has 1 aliphatic carbocycles. The van der Waals surface area contributed by atoms with Crippen molar-refractivity contribution < 1.29 is 22.5 Å². The van der Waals surface area contributed by atoms with Gasteiger partial charge in [-0.05, 0) is 55.3 Å². The van der Waals surface area contributed by atoms with E-state index >= 15 is 0 Å². The van der Waals surface area contributed by atoms with Gasteiger partial charge in [0.25, 0.3) is 11.8 Å². The highest BCUT2D eigenvalue weighted by atomic mass is 32.2. The topological polar surface area (TPSA) is 59.2 Å². The molecule has 0 atom stereocenters. The smallest absolute Gasteiger partial charge is 0.334 e. The number of amides is 1. The number of nitrogens with zero attached hydrogens (tertiary/aromatic N) is 3. The Morgan fingerprint density at radius 3 is 2.44 bits per heavy atom. The lowest BCUT2D eigenvalue weighted by molar-refractivity contribution is -0.137. The molecule has 2 aliphatic rings. The molecule has 1 aliphatic heterocycles. The van der Waals surface area contributed by atoms with Gasteiger partial charge < -0.3 is 9.42 Å². The molecule has 0 bridgehead atoms. The van der Waals surface area contributed by atoms with Crippen LogP contribution in [0.2, 0.25) is 0 Å². The van der Waals surface area contributed by atoms with Crippen LogP contribution >= 0.6 is 11.8 Å². The number of fused-ring (bicyclic) bond motifs is 2. The van der Waals surface area contributed by atoms with Crippen molar-refractivity contribution in [3.63, 3.8) is 0 Å². The quantitative estimate of drug-likeness (QED) is 0.327. The summed E-state index contributed by atoms with van der Waals surface area (Å²) in [5.41, 5.74) is 1.05. The molecule has 0 radical (unpaired) electrons. The van der Waals surface area contributed by atoms with Crippen molar-refractivity contribution in [1.29, 1.82) is 0 Å². The largest absolute Gasteiger partial charge is 0.417 e. The summed E-state index contributed by atoms with van der Waals surface area (Å²) in [7, 11) is 0. The highest BCUT2D eigenvalue weighted by molar-refractivity contribution is 7.99. The van der Waals surface area contributed by atoms with Crippen molar-refractivity contribution in [2.75, 3.05) is 4.90 Å². The maximum absolute atomic E-state index is 13.4. The van der Waals surface area contributed by atoms with E-state index in [0.29, 0.717) is 11.1 Å². The monoisotopic (exact) mass is 479 g/mol. The van der Waals surface area contributed by atoms with Crippen LogP contribution in [0.1, 0.15) is 28.8 Å². The van der Waals surface area contributed by atoms with Gasteiger partial charge in [0.15, 0.2) is 0 Å². The fourth-order valence-corrected chi connectivity index (χ4v) is 5.19. The Hall–Kier alpha value is -3.59. The number of anilines is 1. The summed E-state index contributed by atoms with van der Waals surface area (Å²) in [6.45, 7) is 0. The van der Waals surface area contributed by atoms with Crippen LogP contribution in [0.5, 0.6) is 0 Å². The molecule has 1 saturated carbocycles. The van der Waals surface area contributed by atoms with Gasteiger partial charge >= 0.3 is 6.18 Å². The van der Waals surface area contributed by atoms with Gasteiger partial charge in [0, 0.05) is 21.4 Å². The van der Waals surface area contributed by atoms with E-state index in [1.165, 1.54) is 30.0 Å². The third-order valence-electron chi connectivity index (χ3n) is 5.83. The molecule has 0 spiro atoms. The Labute approximate surface area is 196 Å². The third kappa shape index (κ3) is 3.56.